The van der Waals surface area contributed by atoms with E-state index in [1.54, 1.807) is 28.8 Å². The van der Waals surface area contributed by atoms with Crippen molar-refractivity contribution in [3.8, 4) is 6.07 Å². The second kappa shape index (κ2) is 5.33. The predicted octanol–water partition coefficient (Wildman–Crippen LogP) is 1.09. The number of carbonyl (C=O) groups excluding carboxylic acids is 2. The van der Waals surface area contributed by atoms with Gasteiger partial charge in [-0.1, -0.05) is 13.8 Å². The normalized spacial score (nSPS) is 30.8. The van der Waals surface area contributed by atoms with Crippen LogP contribution < -0.4 is 0 Å². The maximum absolute atomic E-state index is 13.1. The number of ether oxygens (including phenoxy) is 1. The van der Waals surface area contributed by atoms with Gasteiger partial charge in [0.15, 0.2) is 5.72 Å². The summed E-state index contributed by atoms with van der Waals surface area (Å²) >= 11 is 0. The van der Waals surface area contributed by atoms with E-state index in [0.29, 0.717) is 43.2 Å². The minimum Gasteiger partial charge on any atom is -0.351 e. The molecule has 25 heavy (non-hydrogen) atoms. The van der Waals surface area contributed by atoms with E-state index in [-0.39, 0.29) is 23.9 Å². The minimum absolute atomic E-state index is 0.0725. The summed E-state index contributed by atoms with van der Waals surface area (Å²) in [5.74, 6) is 0.248. The Hall–Kier alpha value is -2.33. The number of nitrogens with zero attached hydrogens (tertiary/aromatic N) is 4. The molecule has 0 bridgehead atoms. The second-order valence-corrected chi connectivity index (χ2v) is 7.54. The highest BCUT2D eigenvalue weighted by molar-refractivity contribution is 5.95. The quantitative estimate of drug-likeness (QED) is 0.806. The highest BCUT2D eigenvalue weighted by Crippen LogP contribution is 2.49. The average molecular weight is 342 g/mol. The van der Waals surface area contributed by atoms with Crippen molar-refractivity contribution in [2.45, 2.75) is 44.5 Å². The number of hydrogen-bond donors (Lipinski definition) is 0. The lowest BCUT2D eigenvalue weighted by Crippen LogP contribution is -2.51. The molecule has 0 aromatic carbocycles. The molecule has 0 radical (unpaired) electrons. The molecule has 0 saturated carbocycles. The molecule has 1 aromatic heterocycles. The summed E-state index contributed by atoms with van der Waals surface area (Å²) in [6.07, 6.45) is 2.60. The van der Waals surface area contributed by atoms with E-state index in [9.17, 15) is 9.59 Å². The summed E-state index contributed by atoms with van der Waals surface area (Å²) in [5.41, 5.74) is 0.268. The monoisotopic (exact) mass is 342 g/mol. The Morgan fingerprint density at radius 1 is 1.48 bits per heavy atom. The van der Waals surface area contributed by atoms with Gasteiger partial charge in [-0.25, -0.2) is 0 Å². The van der Waals surface area contributed by atoms with Gasteiger partial charge in [0, 0.05) is 26.2 Å². The van der Waals surface area contributed by atoms with Crippen LogP contribution in [0.1, 0.15) is 42.7 Å². The standard InChI is InChI=1S/C18H22N4O3/c1-11(2)14-10-25-18-4-5-21(15(18)7-16(23)22(14)18)17(24)13-6-12(8-19)9-20(13)3/h6,9,11,14-15H,4-5,7,10H2,1-3H3/t14-,15+,18-/m0/s1. The fraction of sp³-hybridized carbons (Fsp3) is 0.611. The smallest absolute Gasteiger partial charge is 0.270 e. The van der Waals surface area contributed by atoms with E-state index in [0.717, 1.165) is 0 Å². The van der Waals surface area contributed by atoms with Crippen LogP contribution in [0.2, 0.25) is 0 Å². The number of amides is 2. The Bertz CT molecular complexity index is 793. The molecule has 0 N–H and O–H groups in total. The molecule has 4 rings (SSSR count). The average Bonchev–Trinajstić information content (AvgIpc) is 3.27. The highest BCUT2D eigenvalue weighted by atomic mass is 16.5. The molecule has 3 saturated heterocycles. The molecular weight excluding hydrogens is 320 g/mol. The van der Waals surface area contributed by atoms with E-state index >= 15 is 0 Å². The Morgan fingerprint density at radius 2 is 2.24 bits per heavy atom. The highest BCUT2D eigenvalue weighted by Gasteiger charge is 2.65. The summed E-state index contributed by atoms with van der Waals surface area (Å²) in [4.78, 5) is 29.4. The van der Waals surface area contributed by atoms with Crippen LogP contribution in [0, 0.1) is 17.2 Å². The zero-order valence-corrected chi connectivity index (χ0v) is 14.7. The zero-order valence-electron chi connectivity index (χ0n) is 14.7. The van der Waals surface area contributed by atoms with Gasteiger partial charge in [0.05, 0.1) is 30.7 Å². The number of nitriles is 1. The van der Waals surface area contributed by atoms with Crippen LogP contribution in [0.15, 0.2) is 12.3 Å². The van der Waals surface area contributed by atoms with Gasteiger partial charge in [0.25, 0.3) is 5.91 Å². The molecule has 132 valence electrons. The maximum atomic E-state index is 13.1. The van der Waals surface area contributed by atoms with E-state index in [1.807, 2.05) is 4.90 Å². The van der Waals surface area contributed by atoms with Gasteiger partial charge in [0.1, 0.15) is 11.8 Å². The first-order valence-corrected chi connectivity index (χ1v) is 8.72. The van der Waals surface area contributed by atoms with Crippen molar-refractivity contribution in [1.29, 1.82) is 5.26 Å². The van der Waals surface area contributed by atoms with Crippen molar-refractivity contribution in [2.75, 3.05) is 13.2 Å². The Balaban J connectivity index is 1.65. The molecule has 3 aliphatic heterocycles. The van der Waals surface area contributed by atoms with Crippen molar-refractivity contribution in [3.63, 3.8) is 0 Å². The summed E-state index contributed by atoms with van der Waals surface area (Å²) in [5, 5.41) is 9.05. The van der Waals surface area contributed by atoms with Crippen molar-refractivity contribution in [2.24, 2.45) is 13.0 Å². The Labute approximate surface area is 146 Å². The second-order valence-electron chi connectivity index (χ2n) is 7.54. The number of aryl methyl sites for hydroxylation is 1. The van der Waals surface area contributed by atoms with Gasteiger partial charge < -0.3 is 19.1 Å². The van der Waals surface area contributed by atoms with Crippen LogP contribution in [-0.4, -0.2) is 57.1 Å². The zero-order chi connectivity index (χ0) is 17.9. The van der Waals surface area contributed by atoms with E-state index in [4.69, 9.17) is 10.00 Å². The van der Waals surface area contributed by atoms with E-state index in [1.165, 1.54) is 0 Å². The van der Waals surface area contributed by atoms with Crippen LogP contribution >= 0.6 is 0 Å². The molecule has 2 amide bonds. The number of carbonyl (C=O) groups is 2. The summed E-state index contributed by atoms with van der Waals surface area (Å²) in [6.45, 7) is 5.29. The minimum atomic E-state index is -0.662. The van der Waals surface area contributed by atoms with E-state index in [2.05, 4.69) is 19.9 Å². The van der Waals surface area contributed by atoms with Crippen LogP contribution in [0.4, 0.5) is 0 Å². The van der Waals surface area contributed by atoms with Crippen LogP contribution in [0.3, 0.4) is 0 Å². The first-order valence-electron chi connectivity index (χ1n) is 8.72. The third-order valence-electron chi connectivity index (χ3n) is 5.87. The first-order chi connectivity index (χ1) is 11.9. The van der Waals surface area contributed by atoms with Gasteiger partial charge in [0.2, 0.25) is 5.91 Å². The molecule has 0 aliphatic carbocycles. The largest absolute Gasteiger partial charge is 0.351 e. The number of aromatic nitrogens is 1. The molecule has 1 aromatic rings. The van der Waals surface area contributed by atoms with Crippen LogP contribution in [-0.2, 0) is 16.6 Å². The topological polar surface area (TPSA) is 78.6 Å². The Morgan fingerprint density at radius 3 is 2.88 bits per heavy atom. The summed E-state index contributed by atoms with van der Waals surface area (Å²) in [7, 11) is 1.76. The van der Waals surface area contributed by atoms with Crippen LogP contribution in [0.25, 0.3) is 0 Å². The number of likely N-dealkylation sites (tertiary alicyclic amines) is 1. The third-order valence-corrected chi connectivity index (χ3v) is 5.87. The molecule has 7 heteroatoms. The molecule has 4 heterocycles. The van der Waals surface area contributed by atoms with Crippen molar-refractivity contribution in [1.82, 2.24) is 14.4 Å². The molecule has 7 nitrogen and oxygen atoms in total. The van der Waals surface area contributed by atoms with Gasteiger partial charge in [-0.3, -0.25) is 9.59 Å². The van der Waals surface area contributed by atoms with Crippen LogP contribution in [0.5, 0.6) is 0 Å². The molecule has 3 atom stereocenters. The molecule has 3 fully saturated rings. The summed E-state index contributed by atoms with van der Waals surface area (Å²) < 4.78 is 7.83. The van der Waals surface area contributed by atoms with Gasteiger partial charge >= 0.3 is 0 Å². The molecular formula is C18H22N4O3. The van der Waals surface area contributed by atoms with Gasteiger partial charge in [-0.05, 0) is 12.0 Å². The molecule has 0 unspecified atom stereocenters. The maximum Gasteiger partial charge on any atom is 0.270 e. The van der Waals surface area contributed by atoms with Crippen molar-refractivity contribution < 1.29 is 14.3 Å². The SMILES string of the molecule is CC(C)[C@@H]1CO[C@@]23CCN(C(=O)c4cc(C#N)cn4C)[C@@H]2CC(=O)N13. The van der Waals surface area contributed by atoms with Gasteiger partial charge in [-0.2, -0.15) is 5.26 Å². The lowest BCUT2D eigenvalue weighted by atomic mass is 10.0. The number of rotatable bonds is 2. The number of hydrogen-bond acceptors (Lipinski definition) is 4. The molecule has 1 spiro atoms. The third kappa shape index (κ3) is 2.07. The lowest BCUT2D eigenvalue weighted by Gasteiger charge is -2.34. The summed E-state index contributed by atoms with van der Waals surface area (Å²) in [6, 6.07) is 3.49. The van der Waals surface area contributed by atoms with E-state index < -0.39 is 5.72 Å². The van der Waals surface area contributed by atoms with Crippen molar-refractivity contribution >= 4 is 11.8 Å². The lowest BCUT2D eigenvalue weighted by molar-refractivity contribution is -0.139. The van der Waals surface area contributed by atoms with Gasteiger partial charge in [-0.15, -0.1) is 0 Å². The predicted molar refractivity (Wildman–Crippen MR) is 88.3 cm³/mol. The molecule has 3 aliphatic rings. The Kier molecular flexibility index (Phi) is 3.45. The first kappa shape index (κ1) is 16.2. The fourth-order valence-electron chi connectivity index (χ4n) is 4.60. The van der Waals surface area contributed by atoms with Crippen molar-refractivity contribution in [3.05, 3.63) is 23.5 Å². The fourth-order valence-corrected chi connectivity index (χ4v) is 4.60.